The fraction of sp³-hybridized carbons (Fsp3) is 0.250. The third kappa shape index (κ3) is 4.12. The molecule has 0 aliphatic carbocycles. The maximum atomic E-state index is 13.6. The maximum Gasteiger partial charge on any atom is 0.126 e. The smallest absolute Gasteiger partial charge is 0.126 e. The molecule has 0 aromatic heterocycles. The van der Waals surface area contributed by atoms with Gasteiger partial charge in [0.1, 0.15) is 11.6 Å². The van der Waals surface area contributed by atoms with Crippen molar-refractivity contribution in [3.63, 3.8) is 0 Å². The predicted molar refractivity (Wildman–Crippen MR) is 80.5 cm³/mol. The van der Waals surface area contributed by atoms with E-state index in [9.17, 15) is 8.78 Å². The van der Waals surface area contributed by atoms with Crippen molar-refractivity contribution in [2.24, 2.45) is 11.7 Å². The second kappa shape index (κ2) is 6.95. The molecule has 106 valence electrons. The Hall–Kier alpha value is -1.26. The van der Waals surface area contributed by atoms with Crippen LogP contribution < -0.4 is 5.73 Å². The number of rotatable bonds is 5. The monoisotopic (exact) mass is 339 g/mol. The molecule has 0 heterocycles. The molecule has 0 aliphatic rings. The highest BCUT2D eigenvalue weighted by Gasteiger charge is 2.12. The maximum absolute atomic E-state index is 13.6. The highest BCUT2D eigenvalue weighted by atomic mass is 79.9. The zero-order valence-corrected chi connectivity index (χ0v) is 12.5. The van der Waals surface area contributed by atoms with Gasteiger partial charge in [-0.3, -0.25) is 0 Å². The molecule has 0 aliphatic heterocycles. The zero-order chi connectivity index (χ0) is 14.5. The highest BCUT2D eigenvalue weighted by molar-refractivity contribution is 9.10. The summed E-state index contributed by atoms with van der Waals surface area (Å²) in [6.07, 6.45) is 1.18. The van der Waals surface area contributed by atoms with Crippen molar-refractivity contribution in [1.29, 1.82) is 0 Å². The summed E-state index contributed by atoms with van der Waals surface area (Å²) >= 11 is 3.27. The molecule has 0 bridgehead atoms. The molecule has 0 radical (unpaired) electrons. The SMILES string of the molecule is NCC(Cc1cc(F)cc(Br)c1)Cc1ccccc1F. The van der Waals surface area contributed by atoms with Crippen LogP contribution in [0.3, 0.4) is 0 Å². The molecule has 1 atom stereocenters. The first-order valence-electron chi connectivity index (χ1n) is 6.47. The Balaban J connectivity index is 2.11. The summed E-state index contributed by atoms with van der Waals surface area (Å²) in [7, 11) is 0. The highest BCUT2D eigenvalue weighted by Crippen LogP contribution is 2.20. The minimum absolute atomic E-state index is 0.0839. The van der Waals surface area contributed by atoms with Gasteiger partial charge < -0.3 is 5.73 Å². The molecule has 1 unspecified atom stereocenters. The number of hydrogen-bond acceptors (Lipinski definition) is 1. The van der Waals surface area contributed by atoms with Crippen molar-refractivity contribution >= 4 is 15.9 Å². The Kier molecular flexibility index (Phi) is 5.26. The average molecular weight is 340 g/mol. The van der Waals surface area contributed by atoms with E-state index in [1.54, 1.807) is 12.1 Å². The van der Waals surface area contributed by atoms with Gasteiger partial charge in [0.15, 0.2) is 0 Å². The van der Waals surface area contributed by atoms with Gasteiger partial charge in [-0.15, -0.1) is 0 Å². The standard InChI is InChI=1S/C16H16BrF2N/c17-14-7-11(8-15(18)9-14)5-12(10-20)6-13-3-1-2-4-16(13)19/h1-4,7-9,12H,5-6,10,20H2. The molecular weight excluding hydrogens is 324 g/mol. The first kappa shape index (κ1) is 15.1. The topological polar surface area (TPSA) is 26.0 Å². The third-order valence-electron chi connectivity index (χ3n) is 3.25. The summed E-state index contributed by atoms with van der Waals surface area (Å²) in [6, 6.07) is 11.5. The molecule has 0 spiro atoms. The van der Waals surface area contributed by atoms with Gasteiger partial charge in [-0.05, 0) is 60.7 Å². The molecule has 2 aromatic carbocycles. The van der Waals surface area contributed by atoms with Gasteiger partial charge in [-0.1, -0.05) is 34.1 Å². The van der Waals surface area contributed by atoms with Crippen LogP contribution in [0.1, 0.15) is 11.1 Å². The molecule has 2 rings (SSSR count). The Morgan fingerprint density at radius 3 is 2.45 bits per heavy atom. The lowest BCUT2D eigenvalue weighted by atomic mass is 9.92. The molecule has 1 nitrogen and oxygen atoms in total. The summed E-state index contributed by atoms with van der Waals surface area (Å²) in [4.78, 5) is 0. The first-order valence-corrected chi connectivity index (χ1v) is 7.26. The predicted octanol–water partition coefficient (Wildman–Crippen LogP) is 4.09. The molecule has 0 amide bonds. The van der Waals surface area contributed by atoms with Gasteiger partial charge in [0.25, 0.3) is 0 Å². The van der Waals surface area contributed by atoms with E-state index in [1.165, 1.54) is 18.2 Å². The molecule has 2 N–H and O–H groups in total. The molecule has 0 saturated heterocycles. The molecule has 0 fully saturated rings. The van der Waals surface area contributed by atoms with Gasteiger partial charge in [0, 0.05) is 4.47 Å². The quantitative estimate of drug-likeness (QED) is 0.872. The van der Waals surface area contributed by atoms with Crippen LogP contribution in [-0.2, 0) is 12.8 Å². The average Bonchev–Trinajstić information content (AvgIpc) is 2.39. The van der Waals surface area contributed by atoms with E-state index in [4.69, 9.17) is 5.73 Å². The first-order chi connectivity index (χ1) is 9.58. The Morgan fingerprint density at radius 1 is 1.05 bits per heavy atom. The fourth-order valence-corrected chi connectivity index (χ4v) is 2.79. The second-order valence-electron chi connectivity index (χ2n) is 4.88. The number of benzene rings is 2. The number of hydrogen-bond donors (Lipinski definition) is 1. The number of halogens is 3. The van der Waals surface area contributed by atoms with Gasteiger partial charge in [0.2, 0.25) is 0 Å². The van der Waals surface area contributed by atoms with Crippen LogP contribution in [0.25, 0.3) is 0 Å². The largest absolute Gasteiger partial charge is 0.330 e. The van der Waals surface area contributed by atoms with Crippen LogP contribution in [0.2, 0.25) is 0 Å². The van der Waals surface area contributed by atoms with E-state index in [2.05, 4.69) is 15.9 Å². The normalized spacial score (nSPS) is 12.4. The molecule has 0 saturated carbocycles. The summed E-state index contributed by atoms with van der Waals surface area (Å²) in [5.41, 5.74) is 7.28. The van der Waals surface area contributed by atoms with E-state index >= 15 is 0 Å². The Morgan fingerprint density at radius 2 is 1.80 bits per heavy atom. The van der Waals surface area contributed by atoms with Gasteiger partial charge >= 0.3 is 0 Å². The number of nitrogens with two attached hydrogens (primary N) is 1. The lowest BCUT2D eigenvalue weighted by Crippen LogP contribution is -2.20. The van der Waals surface area contributed by atoms with Gasteiger partial charge in [-0.25, -0.2) is 8.78 Å². The lowest BCUT2D eigenvalue weighted by molar-refractivity contribution is 0.510. The van der Waals surface area contributed by atoms with Crippen LogP contribution in [0.15, 0.2) is 46.9 Å². The molecular formula is C16H16BrF2N. The van der Waals surface area contributed by atoms with Crippen molar-refractivity contribution in [3.05, 3.63) is 69.7 Å². The zero-order valence-electron chi connectivity index (χ0n) is 11.0. The third-order valence-corrected chi connectivity index (χ3v) is 3.70. The van der Waals surface area contributed by atoms with Crippen molar-refractivity contribution < 1.29 is 8.78 Å². The van der Waals surface area contributed by atoms with Crippen molar-refractivity contribution in [1.82, 2.24) is 0 Å². The fourth-order valence-electron chi connectivity index (χ4n) is 2.28. The summed E-state index contributed by atoms with van der Waals surface area (Å²) in [6.45, 7) is 0.433. The van der Waals surface area contributed by atoms with Crippen molar-refractivity contribution in [2.75, 3.05) is 6.54 Å². The van der Waals surface area contributed by atoms with E-state index in [-0.39, 0.29) is 17.6 Å². The summed E-state index contributed by atoms with van der Waals surface area (Å²) in [5, 5.41) is 0. The Labute approximate surface area is 125 Å². The van der Waals surface area contributed by atoms with Gasteiger partial charge in [0.05, 0.1) is 0 Å². The lowest BCUT2D eigenvalue weighted by Gasteiger charge is -2.15. The Bertz CT molecular complexity index is 566. The van der Waals surface area contributed by atoms with E-state index in [1.807, 2.05) is 12.1 Å². The molecule has 20 heavy (non-hydrogen) atoms. The molecule has 4 heteroatoms. The van der Waals surface area contributed by atoms with Crippen LogP contribution in [0.4, 0.5) is 8.78 Å². The van der Waals surface area contributed by atoms with Crippen LogP contribution in [-0.4, -0.2) is 6.54 Å². The van der Waals surface area contributed by atoms with Crippen LogP contribution in [0.5, 0.6) is 0 Å². The van der Waals surface area contributed by atoms with Crippen LogP contribution >= 0.6 is 15.9 Å². The summed E-state index contributed by atoms with van der Waals surface area (Å²) in [5.74, 6) is -0.414. The summed E-state index contributed by atoms with van der Waals surface area (Å²) < 4.78 is 27.7. The molecule has 2 aromatic rings. The van der Waals surface area contributed by atoms with E-state index < -0.39 is 0 Å². The van der Waals surface area contributed by atoms with E-state index in [0.717, 1.165) is 5.56 Å². The van der Waals surface area contributed by atoms with Crippen molar-refractivity contribution in [2.45, 2.75) is 12.8 Å². The van der Waals surface area contributed by atoms with Crippen molar-refractivity contribution in [3.8, 4) is 0 Å². The van der Waals surface area contributed by atoms with Gasteiger partial charge in [-0.2, -0.15) is 0 Å². The van der Waals surface area contributed by atoms with E-state index in [0.29, 0.717) is 29.4 Å². The minimum atomic E-state index is -0.281. The second-order valence-corrected chi connectivity index (χ2v) is 5.79. The van der Waals surface area contributed by atoms with Crippen LogP contribution in [0, 0.1) is 17.6 Å². The minimum Gasteiger partial charge on any atom is -0.330 e.